The van der Waals surface area contributed by atoms with Gasteiger partial charge in [-0.05, 0) is 33.0 Å². The molecule has 0 saturated heterocycles. The number of rotatable bonds is 2. The van der Waals surface area contributed by atoms with Gasteiger partial charge in [-0.15, -0.1) is 0 Å². The molecule has 0 aliphatic rings. The summed E-state index contributed by atoms with van der Waals surface area (Å²) in [6, 6.07) is 0. The number of carbonyl (C=O) groups is 1. The monoisotopic (exact) mass is 172 g/mol. The Morgan fingerprint density at radius 3 is 2.55 bits per heavy atom. The van der Waals surface area contributed by atoms with Gasteiger partial charge in [0.15, 0.2) is 0 Å². The fraction of sp³-hybridized carbons (Fsp3) is 0.714. The van der Waals surface area contributed by atoms with E-state index in [1.54, 1.807) is 0 Å². The van der Waals surface area contributed by atoms with Crippen molar-refractivity contribution in [1.82, 2.24) is 5.32 Å². The molecule has 11 heavy (non-hydrogen) atoms. The molecule has 0 fully saturated rings. The van der Waals surface area contributed by atoms with E-state index >= 15 is 0 Å². The summed E-state index contributed by atoms with van der Waals surface area (Å²) in [6.07, 6.45) is 0. The van der Waals surface area contributed by atoms with Crippen LogP contribution in [0.15, 0.2) is 4.99 Å². The van der Waals surface area contributed by atoms with Crippen molar-refractivity contribution in [3.8, 4) is 0 Å². The second kappa shape index (κ2) is 4.21. The van der Waals surface area contributed by atoms with Gasteiger partial charge in [0.05, 0.1) is 5.16 Å². The number of hydrogen-bond donors (Lipinski definition) is 1. The first-order chi connectivity index (χ1) is 4.95. The summed E-state index contributed by atoms with van der Waals surface area (Å²) in [5.74, 6) is -0.130. The molecule has 1 amide bonds. The highest BCUT2D eigenvalue weighted by atomic mass is 32.1. The molecule has 1 N–H and O–H groups in total. The molecule has 0 radical (unpaired) electrons. The van der Waals surface area contributed by atoms with E-state index in [0.717, 1.165) is 0 Å². The first kappa shape index (κ1) is 10.3. The largest absolute Gasteiger partial charge is 0.350 e. The molecule has 0 spiro atoms. The smallest absolute Gasteiger partial charge is 0.242 e. The summed E-state index contributed by atoms with van der Waals surface area (Å²) < 4.78 is 0. The molecular formula is C7H12N2OS. The van der Waals surface area contributed by atoms with Crippen LogP contribution >= 0.6 is 12.2 Å². The normalized spacial score (nSPS) is 10.1. The van der Waals surface area contributed by atoms with Crippen molar-refractivity contribution in [3.05, 3.63) is 0 Å². The van der Waals surface area contributed by atoms with Gasteiger partial charge in [0.2, 0.25) is 5.91 Å². The van der Waals surface area contributed by atoms with Crippen LogP contribution in [0.1, 0.15) is 20.8 Å². The zero-order valence-electron chi connectivity index (χ0n) is 6.97. The highest BCUT2D eigenvalue weighted by Crippen LogP contribution is 1.97. The predicted molar refractivity (Wildman–Crippen MR) is 47.8 cm³/mol. The van der Waals surface area contributed by atoms with Gasteiger partial charge in [0, 0.05) is 5.54 Å². The number of thiocarbonyl (C=S) groups is 1. The molecule has 0 rings (SSSR count). The van der Waals surface area contributed by atoms with Crippen molar-refractivity contribution < 1.29 is 4.79 Å². The second-order valence-corrected chi connectivity index (χ2v) is 3.39. The van der Waals surface area contributed by atoms with Crippen LogP contribution in [0.25, 0.3) is 0 Å². The van der Waals surface area contributed by atoms with Gasteiger partial charge in [-0.1, -0.05) is 0 Å². The topological polar surface area (TPSA) is 41.5 Å². The Morgan fingerprint density at radius 1 is 1.64 bits per heavy atom. The van der Waals surface area contributed by atoms with Crippen LogP contribution in [0.4, 0.5) is 0 Å². The highest BCUT2D eigenvalue weighted by molar-refractivity contribution is 7.78. The minimum absolute atomic E-state index is 0.0702. The van der Waals surface area contributed by atoms with Gasteiger partial charge in [0.1, 0.15) is 6.54 Å². The molecule has 0 aromatic heterocycles. The third-order valence-corrected chi connectivity index (χ3v) is 0.931. The molecule has 4 heteroatoms. The van der Waals surface area contributed by atoms with E-state index in [2.05, 4.69) is 27.7 Å². The van der Waals surface area contributed by atoms with Crippen molar-refractivity contribution >= 4 is 23.3 Å². The van der Waals surface area contributed by atoms with Gasteiger partial charge in [0.25, 0.3) is 0 Å². The number of nitrogens with zero attached hydrogens (tertiary/aromatic N) is 1. The molecular weight excluding hydrogens is 160 g/mol. The lowest BCUT2D eigenvalue weighted by atomic mass is 10.1. The molecule has 0 aliphatic carbocycles. The molecule has 0 bridgehead atoms. The Labute approximate surface area is 71.9 Å². The van der Waals surface area contributed by atoms with Crippen LogP contribution in [0.3, 0.4) is 0 Å². The Balaban J connectivity index is 3.79. The Bertz CT molecular complexity index is 189. The molecule has 0 heterocycles. The molecule has 0 unspecified atom stereocenters. The summed E-state index contributed by atoms with van der Waals surface area (Å²) in [7, 11) is 0. The third kappa shape index (κ3) is 7.16. The number of nitrogens with one attached hydrogen (secondary N) is 1. The van der Waals surface area contributed by atoms with Crippen molar-refractivity contribution in [2.75, 3.05) is 6.54 Å². The summed E-state index contributed by atoms with van der Waals surface area (Å²) in [5, 5.41) is 4.87. The summed E-state index contributed by atoms with van der Waals surface area (Å²) in [5.41, 5.74) is -0.200. The lowest BCUT2D eigenvalue weighted by molar-refractivity contribution is -0.121. The summed E-state index contributed by atoms with van der Waals surface area (Å²) >= 11 is 4.32. The van der Waals surface area contributed by atoms with E-state index in [1.165, 1.54) is 0 Å². The number of aliphatic imine (C=N–C) groups is 1. The minimum Gasteiger partial charge on any atom is -0.350 e. The highest BCUT2D eigenvalue weighted by Gasteiger charge is 2.12. The van der Waals surface area contributed by atoms with Gasteiger partial charge >= 0.3 is 0 Å². The SMILES string of the molecule is CC(C)(C)NC(=O)CN=C=S. The first-order valence-electron chi connectivity index (χ1n) is 3.30. The molecule has 0 aliphatic heterocycles. The maximum Gasteiger partial charge on any atom is 0.242 e. The lowest BCUT2D eigenvalue weighted by Crippen LogP contribution is -2.41. The average Bonchev–Trinajstić information content (AvgIpc) is 1.79. The summed E-state index contributed by atoms with van der Waals surface area (Å²) in [4.78, 5) is 14.4. The summed E-state index contributed by atoms with van der Waals surface area (Å²) in [6.45, 7) is 5.80. The molecule has 0 saturated carbocycles. The fourth-order valence-corrected chi connectivity index (χ4v) is 0.626. The molecule has 0 atom stereocenters. The van der Waals surface area contributed by atoms with Crippen molar-refractivity contribution in [2.24, 2.45) is 4.99 Å². The Morgan fingerprint density at radius 2 is 2.18 bits per heavy atom. The van der Waals surface area contributed by atoms with E-state index in [4.69, 9.17) is 0 Å². The minimum atomic E-state index is -0.200. The first-order valence-corrected chi connectivity index (χ1v) is 3.71. The van der Waals surface area contributed by atoms with Crippen LogP contribution in [-0.2, 0) is 4.79 Å². The van der Waals surface area contributed by atoms with Crippen LogP contribution in [-0.4, -0.2) is 23.2 Å². The van der Waals surface area contributed by atoms with Gasteiger partial charge < -0.3 is 5.32 Å². The maximum atomic E-state index is 10.9. The standard InChI is InChI=1S/C7H12N2OS/c1-7(2,3)9-6(10)4-8-5-11/h4H2,1-3H3,(H,9,10). The average molecular weight is 172 g/mol. The van der Waals surface area contributed by atoms with Gasteiger partial charge in [-0.3, -0.25) is 4.79 Å². The van der Waals surface area contributed by atoms with Crippen LogP contribution < -0.4 is 5.32 Å². The Hall–Kier alpha value is -0.730. The van der Waals surface area contributed by atoms with Gasteiger partial charge in [-0.25, -0.2) is 4.99 Å². The lowest BCUT2D eigenvalue weighted by Gasteiger charge is -2.19. The fourth-order valence-electron chi connectivity index (χ4n) is 0.562. The van der Waals surface area contributed by atoms with E-state index < -0.39 is 0 Å². The maximum absolute atomic E-state index is 10.9. The number of amides is 1. The van der Waals surface area contributed by atoms with E-state index in [1.807, 2.05) is 20.8 Å². The van der Waals surface area contributed by atoms with Crippen molar-refractivity contribution in [1.29, 1.82) is 0 Å². The molecule has 3 nitrogen and oxygen atoms in total. The molecule has 62 valence electrons. The third-order valence-electron chi connectivity index (χ3n) is 0.802. The van der Waals surface area contributed by atoms with Crippen molar-refractivity contribution in [2.45, 2.75) is 26.3 Å². The number of hydrogen-bond acceptors (Lipinski definition) is 3. The van der Waals surface area contributed by atoms with E-state index in [0.29, 0.717) is 0 Å². The van der Waals surface area contributed by atoms with Crippen LogP contribution in [0.5, 0.6) is 0 Å². The van der Waals surface area contributed by atoms with Crippen LogP contribution in [0, 0.1) is 0 Å². The van der Waals surface area contributed by atoms with Crippen molar-refractivity contribution in [3.63, 3.8) is 0 Å². The molecule has 0 aromatic rings. The van der Waals surface area contributed by atoms with E-state index in [-0.39, 0.29) is 18.0 Å². The Kier molecular flexibility index (Phi) is 3.93. The van der Waals surface area contributed by atoms with E-state index in [9.17, 15) is 4.79 Å². The van der Waals surface area contributed by atoms with Gasteiger partial charge in [-0.2, -0.15) is 0 Å². The quantitative estimate of drug-likeness (QED) is 0.499. The molecule has 0 aromatic carbocycles. The van der Waals surface area contributed by atoms with Crippen LogP contribution in [0.2, 0.25) is 0 Å². The number of carbonyl (C=O) groups excluding carboxylic acids is 1. The zero-order chi connectivity index (χ0) is 8.91. The second-order valence-electron chi connectivity index (χ2n) is 3.21. The predicted octanol–water partition coefficient (Wildman–Crippen LogP) is 1.00. The zero-order valence-corrected chi connectivity index (χ0v) is 7.79. The number of isothiocyanates is 1.